The molecular weight excluding hydrogens is 381 g/mol. The third kappa shape index (κ3) is 4.04. The lowest BCUT2D eigenvalue weighted by Crippen LogP contribution is -2.32. The average molecular weight is 399 g/mol. The minimum Gasteiger partial charge on any atom is -0.494 e. The van der Waals surface area contributed by atoms with Crippen LogP contribution in [0.5, 0.6) is 11.8 Å². The molecule has 0 radical (unpaired) electrons. The molecule has 3 aromatic rings. The summed E-state index contributed by atoms with van der Waals surface area (Å²) in [7, 11) is 1.43. The first kappa shape index (κ1) is 18.9. The molecule has 0 aliphatic carbocycles. The highest BCUT2D eigenvalue weighted by atomic mass is 19.1. The Labute approximate surface area is 165 Å². The van der Waals surface area contributed by atoms with Gasteiger partial charge in [-0.3, -0.25) is 4.57 Å². The van der Waals surface area contributed by atoms with Gasteiger partial charge < -0.3 is 24.3 Å². The molecule has 0 saturated heterocycles. The monoisotopic (exact) mass is 399 g/mol. The summed E-state index contributed by atoms with van der Waals surface area (Å²) in [5.41, 5.74) is 2.52. The van der Waals surface area contributed by atoms with Gasteiger partial charge in [-0.15, -0.1) is 0 Å². The molecule has 0 unspecified atom stereocenters. The zero-order chi connectivity index (χ0) is 20.4. The summed E-state index contributed by atoms with van der Waals surface area (Å²) in [5.74, 6) is -0.471. The first-order valence-electron chi connectivity index (χ1n) is 8.92. The minimum absolute atomic E-state index is 0.199. The van der Waals surface area contributed by atoms with Crippen LogP contribution in [-0.4, -0.2) is 34.3 Å². The van der Waals surface area contributed by atoms with Crippen LogP contribution in [0.4, 0.5) is 10.2 Å². The average Bonchev–Trinajstić information content (AvgIpc) is 3.16. The maximum Gasteiger partial charge on any atom is 0.414 e. The van der Waals surface area contributed by atoms with Gasteiger partial charge in [-0.25, -0.2) is 4.39 Å². The van der Waals surface area contributed by atoms with Crippen molar-refractivity contribution in [1.82, 2.24) is 9.55 Å². The van der Waals surface area contributed by atoms with Gasteiger partial charge in [-0.1, -0.05) is 24.3 Å². The van der Waals surface area contributed by atoms with E-state index in [0.717, 1.165) is 16.7 Å². The SMILES string of the molecule is COc1ccc(-c2cccc(CO[C@@H]3COc4nc([N+](=O)[O-])cn4C3)c2)cc1F. The first-order valence-corrected chi connectivity index (χ1v) is 8.92. The van der Waals surface area contributed by atoms with Crippen molar-refractivity contribution >= 4 is 5.82 Å². The normalized spacial score (nSPS) is 15.4. The second-order valence-electron chi connectivity index (χ2n) is 6.58. The Morgan fingerprint density at radius 1 is 1.31 bits per heavy atom. The van der Waals surface area contributed by atoms with Crippen LogP contribution < -0.4 is 9.47 Å². The van der Waals surface area contributed by atoms with Gasteiger partial charge in [0.2, 0.25) is 0 Å². The Balaban J connectivity index is 1.42. The molecule has 8 nitrogen and oxygen atoms in total. The van der Waals surface area contributed by atoms with E-state index in [9.17, 15) is 14.5 Å². The van der Waals surface area contributed by atoms with Crippen molar-refractivity contribution in [2.75, 3.05) is 13.7 Å². The second kappa shape index (κ2) is 7.88. The molecule has 1 atom stereocenters. The molecule has 0 fully saturated rings. The maximum atomic E-state index is 14.0. The van der Waals surface area contributed by atoms with Crippen LogP contribution in [0, 0.1) is 15.9 Å². The van der Waals surface area contributed by atoms with Crippen LogP contribution in [0.3, 0.4) is 0 Å². The molecule has 2 aromatic carbocycles. The van der Waals surface area contributed by atoms with Crippen LogP contribution >= 0.6 is 0 Å². The zero-order valence-electron chi connectivity index (χ0n) is 15.6. The topological polar surface area (TPSA) is 88.7 Å². The summed E-state index contributed by atoms with van der Waals surface area (Å²) in [4.78, 5) is 14.1. The van der Waals surface area contributed by atoms with E-state index in [1.807, 2.05) is 24.3 Å². The van der Waals surface area contributed by atoms with E-state index < -0.39 is 10.7 Å². The number of nitro groups is 1. The predicted molar refractivity (Wildman–Crippen MR) is 101 cm³/mol. The predicted octanol–water partition coefficient (Wildman–Crippen LogP) is 3.58. The molecule has 0 saturated carbocycles. The third-order valence-electron chi connectivity index (χ3n) is 4.61. The number of methoxy groups -OCH3 is 1. The van der Waals surface area contributed by atoms with Crippen molar-refractivity contribution in [2.24, 2.45) is 0 Å². The fraction of sp³-hybridized carbons (Fsp3) is 0.250. The lowest BCUT2D eigenvalue weighted by molar-refractivity contribution is -0.389. The van der Waals surface area contributed by atoms with Crippen molar-refractivity contribution in [3.63, 3.8) is 0 Å². The van der Waals surface area contributed by atoms with Gasteiger partial charge in [0.25, 0.3) is 0 Å². The van der Waals surface area contributed by atoms with Crippen molar-refractivity contribution in [3.8, 4) is 22.9 Å². The van der Waals surface area contributed by atoms with E-state index in [1.54, 1.807) is 16.7 Å². The third-order valence-corrected chi connectivity index (χ3v) is 4.61. The fourth-order valence-electron chi connectivity index (χ4n) is 3.16. The van der Waals surface area contributed by atoms with Crippen LogP contribution in [0.1, 0.15) is 5.56 Å². The van der Waals surface area contributed by atoms with Gasteiger partial charge in [0.15, 0.2) is 11.6 Å². The van der Waals surface area contributed by atoms with Crippen molar-refractivity contribution in [3.05, 3.63) is 70.2 Å². The zero-order valence-corrected chi connectivity index (χ0v) is 15.6. The van der Waals surface area contributed by atoms with Crippen molar-refractivity contribution < 1.29 is 23.5 Å². The molecule has 0 N–H and O–H groups in total. The van der Waals surface area contributed by atoms with Gasteiger partial charge in [0, 0.05) is 4.98 Å². The van der Waals surface area contributed by atoms with Gasteiger partial charge in [0.1, 0.15) is 18.9 Å². The number of hydrogen-bond donors (Lipinski definition) is 0. The Bertz CT molecular complexity index is 1050. The Morgan fingerprint density at radius 2 is 2.14 bits per heavy atom. The van der Waals surface area contributed by atoms with E-state index in [1.165, 1.54) is 19.4 Å². The Kier molecular flexibility index (Phi) is 5.13. The second-order valence-corrected chi connectivity index (χ2v) is 6.58. The van der Waals surface area contributed by atoms with Gasteiger partial charge >= 0.3 is 11.8 Å². The van der Waals surface area contributed by atoms with Crippen LogP contribution in [0.25, 0.3) is 11.1 Å². The molecule has 9 heteroatoms. The number of halogens is 1. The van der Waals surface area contributed by atoms with E-state index in [0.29, 0.717) is 13.2 Å². The lowest BCUT2D eigenvalue weighted by Gasteiger charge is -2.22. The summed E-state index contributed by atoms with van der Waals surface area (Å²) in [6, 6.07) is 12.7. The van der Waals surface area contributed by atoms with E-state index in [2.05, 4.69) is 4.98 Å². The Hall–Kier alpha value is -3.46. The number of nitrogens with zero attached hydrogens (tertiary/aromatic N) is 3. The van der Waals surface area contributed by atoms with Crippen molar-refractivity contribution in [2.45, 2.75) is 19.3 Å². The summed E-state index contributed by atoms with van der Waals surface area (Å²) < 4.78 is 31.9. The molecule has 0 spiro atoms. The maximum absolute atomic E-state index is 14.0. The minimum atomic E-state index is -0.557. The summed E-state index contributed by atoms with van der Waals surface area (Å²) in [5, 5.41) is 10.8. The molecule has 1 aromatic heterocycles. The first-order chi connectivity index (χ1) is 14.0. The lowest BCUT2D eigenvalue weighted by atomic mass is 10.0. The smallest absolute Gasteiger partial charge is 0.414 e. The van der Waals surface area contributed by atoms with Gasteiger partial charge in [0.05, 0.1) is 20.3 Å². The summed E-state index contributed by atoms with van der Waals surface area (Å²) in [6.07, 6.45) is 1.07. The largest absolute Gasteiger partial charge is 0.494 e. The molecule has 2 heterocycles. The number of fused-ring (bicyclic) bond motifs is 1. The number of ether oxygens (including phenoxy) is 3. The molecule has 29 heavy (non-hydrogen) atoms. The summed E-state index contributed by atoms with van der Waals surface area (Å²) in [6.45, 7) is 1.00. The van der Waals surface area contributed by atoms with Gasteiger partial charge in [-0.2, -0.15) is 0 Å². The highest BCUT2D eigenvalue weighted by molar-refractivity contribution is 5.65. The quantitative estimate of drug-likeness (QED) is 0.465. The van der Waals surface area contributed by atoms with E-state index >= 15 is 0 Å². The number of imidazole rings is 1. The molecule has 0 amide bonds. The number of aromatic nitrogens is 2. The number of benzene rings is 2. The molecule has 4 rings (SSSR count). The standard InChI is InChI=1S/C20H18FN3O5/c1-27-18-6-5-15(8-17(18)21)14-4-2-3-13(7-14)11-28-16-9-23-10-19(24(25)26)22-20(23)29-12-16/h2-8,10,16H,9,11-12H2,1H3/t16-/m0/s1. The van der Waals surface area contributed by atoms with Crippen molar-refractivity contribution in [1.29, 1.82) is 0 Å². The number of hydrogen-bond acceptors (Lipinski definition) is 6. The number of rotatable bonds is 6. The molecule has 1 aliphatic heterocycles. The highest BCUT2D eigenvalue weighted by Crippen LogP contribution is 2.27. The Morgan fingerprint density at radius 3 is 2.90 bits per heavy atom. The summed E-state index contributed by atoms with van der Waals surface area (Å²) >= 11 is 0. The highest BCUT2D eigenvalue weighted by Gasteiger charge is 2.28. The van der Waals surface area contributed by atoms with E-state index in [-0.39, 0.29) is 30.3 Å². The molecular formula is C20H18FN3O5. The van der Waals surface area contributed by atoms with Crippen LogP contribution in [0.15, 0.2) is 48.7 Å². The molecule has 0 bridgehead atoms. The van der Waals surface area contributed by atoms with Crippen LogP contribution in [0.2, 0.25) is 0 Å². The molecule has 1 aliphatic rings. The fourth-order valence-corrected chi connectivity index (χ4v) is 3.16. The van der Waals surface area contributed by atoms with E-state index in [4.69, 9.17) is 14.2 Å². The molecule has 150 valence electrons. The van der Waals surface area contributed by atoms with Gasteiger partial charge in [-0.05, 0) is 39.8 Å². The van der Waals surface area contributed by atoms with Crippen LogP contribution in [-0.2, 0) is 17.9 Å².